The van der Waals surface area contributed by atoms with Crippen LogP contribution in [-0.4, -0.2) is 34.2 Å². The fourth-order valence-electron chi connectivity index (χ4n) is 1.82. The van der Waals surface area contributed by atoms with E-state index in [1.807, 2.05) is 0 Å². The van der Waals surface area contributed by atoms with E-state index in [4.69, 9.17) is 0 Å². The van der Waals surface area contributed by atoms with Crippen LogP contribution in [0.25, 0.3) is 0 Å². The molecule has 0 aliphatic rings. The lowest BCUT2D eigenvalue weighted by molar-refractivity contribution is 0.0600. The lowest BCUT2D eigenvalue weighted by Crippen LogP contribution is -2.23. The van der Waals surface area contributed by atoms with Gasteiger partial charge in [-0.05, 0) is 24.3 Å². The van der Waals surface area contributed by atoms with E-state index in [9.17, 15) is 19.8 Å². The molecule has 0 bridgehead atoms. The Hall–Kier alpha value is -3.09. The number of carbonyl (C=O) groups is 2. The fourth-order valence-corrected chi connectivity index (χ4v) is 1.82. The molecule has 3 N–H and O–H groups in total. The predicted molar refractivity (Wildman–Crippen MR) is 76.5 cm³/mol. The highest BCUT2D eigenvalue weighted by Gasteiger charge is 2.10. The summed E-state index contributed by atoms with van der Waals surface area (Å²) in [7, 11) is 1.28. The quantitative estimate of drug-likeness (QED) is 0.732. The van der Waals surface area contributed by atoms with Gasteiger partial charge in [0.1, 0.15) is 11.5 Å². The number of esters is 1. The summed E-state index contributed by atoms with van der Waals surface area (Å²) < 4.78 is 4.60. The van der Waals surface area contributed by atoms with E-state index in [1.165, 1.54) is 37.6 Å². The highest BCUT2D eigenvalue weighted by Crippen LogP contribution is 2.20. The average Bonchev–Trinajstić information content (AvgIpc) is 2.51. The second-order valence-corrected chi connectivity index (χ2v) is 4.45. The molecule has 0 unspecified atom stereocenters. The molecule has 0 saturated heterocycles. The summed E-state index contributed by atoms with van der Waals surface area (Å²) in [6.45, 7) is 0.0834. The topological polar surface area (TPSA) is 109 Å². The van der Waals surface area contributed by atoms with Crippen LogP contribution < -0.4 is 5.32 Å². The van der Waals surface area contributed by atoms with Crippen molar-refractivity contribution in [1.29, 1.82) is 0 Å². The molecule has 0 aliphatic carbocycles. The van der Waals surface area contributed by atoms with Gasteiger partial charge in [0.15, 0.2) is 0 Å². The van der Waals surface area contributed by atoms with Crippen LogP contribution in [0.3, 0.4) is 0 Å². The summed E-state index contributed by atoms with van der Waals surface area (Å²) in [6, 6.07) is 6.59. The van der Waals surface area contributed by atoms with Crippen LogP contribution in [0, 0.1) is 0 Å². The molecule has 1 heterocycles. The second kappa shape index (κ2) is 6.57. The number of rotatable bonds is 4. The predicted octanol–water partition coefficient (Wildman–Crippen LogP) is 1.21. The first-order valence-electron chi connectivity index (χ1n) is 6.34. The van der Waals surface area contributed by atoms with Gasteiger partial charge in [0.25, 0.3) is 5.91 Å². The lowest BCUT2D eigenvalue weighted by atomic mass is 10.2. The molecule has 7 heteroatoms. The molecule has 0 fully saturated rings. The van der Waals surface area contributed by atoms with Crippen LogP contribution in [0.5, 0.6) is 11.5 Å². The van der Waals surface area contributed by atoms with Crippen LogP contribution in [-0.2, 0) is 11.3 Å². The van der Waals surface area contributed by atoms with Crippen LogP contribution in [0.15, 0.2) is 36.5 Å². The van der Waals surface area contributed by atoms with Gasteiger partial charge >= 0.3 is 5.97 Å². The number of nitrogens with one attached hydrogen (secondary N) is 1. The van der Waals surface area contributed by atoms with E-state index in [-0.39, 0.29) is 23.6 Å². The number of amides is 1. The molecule has 2 aromatic rings. The zero-order valence-corrected chi connectivity index (χ0v) is 11.7. The first-order valence-corrected chi connectivity index (χ1v) is 6.34. The van der Waals surface area contributed by atoms with E-state index in [0.29, 0.717) is 11.3 Å². The Kier molecular flexibility index (Phi) is 4.57. The Balaban J connectivity index is 2.06. The molecule has 1 amide bonds. The Morgan fingerprint density at radius 2 is 1.82 bits per heavy atom. The molecular formula is C15H14N2O5. The molecule has 1 aromatic heterocycles. The number of ether oxygens (including phenoxy) is 1. The molecule has 22 heavy (non-hydrogen) atoms. The number of aromatic nitrogens is 1. The number of aromatic hydroxyl groups is 2. The van der Waals surface area contributed by atoms with Crippen LogP contribution in [0.4, 0.5) is 0 Å². The van der Waals surface area contributed by atoms with Crippen molar-refractivity contribution < 1.29 is 24.5 Å². The number of phenolic OH excluding ortho intramolecular Hbond substituents is 2. The summed E-state index contributed by atoms with van der Waals surface area (Å²) in [4.78, 5) is 27.4. The van der Waals surface area contributed by atoms with Crippen molar-refractivity contribution in [2.24, 2.45) is 0 Å². The molecule has 7 nitrogen and oxygen atoms in total. The third-order valence-corrected chi connectivity index (χ3v) is 2.83. The van der Waals surface area contributed by atoms with E-state index in [0.717, 1.165) is 6.07 Å². The number of hydrogen-bond acceptors (Lipinski definition) is 6. The molecule has 0 aliphatic heterocycles. The second-order valence-electron chi connectivity index (χ2n) is 4.45. The number of nitrogens with zero attached hydrogens (tertiary/aromatic N) is 1. The molecule has 1 aromatic carbocycles. The Morgan fingerprint density at radius 1 is 1.14 bits per heavy atom. The van der Waals surface area contributed by atoms with Gasteiger partial charge in [0.2, 0.25) is 0 Å². The molecule has 114 valence electrons. The summed E-state index contributed by atoms with van der Waals surface area (Å²) in [5.41, 5.74) is 0.916. The van der Waals surface area contributed by atoms with Crippen molar-refractivity contribution in [2.45, 2.75) is 6.54 Å². The standard InChI is InChI=1S/C15H14N2O5/c1-22-15(21)9-2-3-16-11(4-9)8-17-14(20)10-5-12(18)7-13(19)6-10/h2-7,18-19H,8H2,1H3,(H,17,20). The summed E-state index contributed by atoms with van der Waals surface area (Å²) in [5, 5.41) is 21.3. The summed E-state index contributed by atoms with van der Waals surface area (Å²) in [6.07, 6.45) is 1.44. The summed E-state index contributed by atoms with van der Waals surface area (Å²) in [5.74, 6) is -1.41. The van der Waals surface area contributed by atoms with Gasteiger partial charge in [-0.1, -0.05) is 0 Å². The summed E-state index contributed by atoms with van der Waals surface area (Å²) >= 11 is 0. The highest BCUT2D eigenvalue weighted by atomic mass is 16.5. The number of pyridine rings is 1. The highest BCUT2D eigenvalue weighted by molar-refractivity contribution is 5.95. The van der Waals surface area contributed by atoms with Gasteiger partial charge in [-0.15, -0.1) is 0 Å². The molecule has 0 atom stereocenters. The minimum atomic E-state index is -0.493. The Bertz CT molecular complexity index is 695. The fraction of sp³-hybridized carbons (Fsp3) is 0.133. The SMILES string of the molecule is COC(=O)c1ccnc(CNC(=O)c2cc(O)cc(O)c2)c1. The maximum absolute atomic E-state index is 11.9. The van der Waals surface area contributed by atoms with Crippen LogP contribution in [0.1, 0.15) is 26.4 Å². The number of hydrogen-bond donors (Lipinski definition) is 3. The normalized spacial score (nSPS) is 10.0. The molecule has 2 rings (SSSR count). The first kappa shape index (κ1) is 15.3. The zero-order valence-electron chi connectivity index (χ0n) is 11.7. The van der Waals surface area contributed by atoms with E-state index in [1.54, 1.807) is 0 Å². The third-order valence-electron chi connectivity index (χ3n) is 2.83. The minimum Gasteiger partial charge on any atom is -0.508 e. The number of methoxy groups -OCH3 is 1. The van der Waals surface area contributed by atoms with Crippen LogP contribution in [0.2, 0.25) is 0 Å². The van der Waals surface area contributed by atoms with E-state index < -0.39 is 11.9 Å². The molecule has 0 saturated carbocycles. The molecule has 0 radical (unpaired) electrons. The Labute approximate surface area is 126 Å². The number of phenols is 2. The monoisotopic (exact) mass is 302 g/mol. The lowest BCUT2D eigenvalue weighted by Gasteiger charge is -2.07. The van der Waals surface area contributed by atoms with Crippen molar-refractivity contribution >= 4 is 11.9 Å². The molecule has 0 spiro atoms. The number of carbonyl (C=O) groups excluding carboxylic acids is 2. The first-order chi connectivity index (χ1) is 10.5. The zero-order chi connectivity index (χ0) is 16.1. The van der Waals surface area contributed by atoms with Crippen LogP contribution >= 0.6 is 0 Å². The van der Waals surface area contributed by atoms with Gasteiger partial charge in [-0.2, -0.15) is 0 Å². The Morgan fingerprint density at radius 3 is 2.45 bits per heavy atom. The molecular weight excluding hydrogens is 288 g/mol. The van der Waals surface area contributed by atoms with Gasteiger partial charge in [-0.3, -0.25) is 9.78 Å². The van der Waals surface area contributed by atoms with Gasteiger partial charge in [0.05, 0.1) is 24.9 Å². The largest absolute Gasteiger partial charge is 0.508 e. The smallest absolute Gasteiger partial charge is 0.337 e. The average molecular weight is 302 g/mol. The van der Waals surface area contributed by atoms with E-state index in [2.05, 4.69) is 15.0 Å². The maximum Gasteiger partial charge on any atom is 0.337 e. The van der Waals surface area contributed by atoms with Crippen molar-refractivity contribution in [1.82, 2.24) is 10.3 Å². The number of benzene rings is 1. The van der Waals surface area contributed by atoms with Crippen molar-refractivity contribution in [3.8, 4) is 11.5 Å². The van der Waals surface area contributed by atoms with Crippen molar-refractivity contribution in [3.63, 3.8) is 0 Å². The maximum atomic E-state index is 11.9. The van der Waals surface area contributed by atoms with Gasteiger partial charge in [-0.25, -0.2) is 4.79 Å². The van der Waals surface area contributed by atoms with Gasteiger partial charge in [0, 0.05) is 17.8 Å². The van der Waals surface area contributed by atoms with Crippen molar-refractivity contribution in [2.75, 3.05) is 7.11 Å². The van der Waals surface area contributed by atoms with Crippen molar-refractivity contribution in [3.05, 3.63) is 53.3 Å². The van der Waals surface area contributed by atoms with Gasteiger partial charge < -0.3 is 20.3 Å². The minimum absolute atomic E-state index is 0.0834. The van der Waals surface area contributed by atoms with E-state index >= 15 is 0 Å². The third kappa shape index (κ3) is 3.72.